The van der Waals surface area contributed by atoms with Crippen LogP contribution in [0.2, 0.25) is 0 Å². The number of benzene rings is 2. The molecule has 1 saturated carbocycles. The van der Waals surface area contributed by atoms with Gasteiger partial charge in [0.25, 0.3) is 0 Å². The third-order valence-electron chi connectivity index (χ3n) is 8.76. The summed E-state index contributed by atoms with van der Waals surface area (Å²) in [6.45, 7) is 2.23. The van der Waals surface area contributed by atoms with E-state index in [-0.39, 0.29) is 42.6 Å². The van der Waals surface area contributed by atoms with Crippen LogP contribution in [0, 0.1) is 5.92 Å². The molecule has 9 nitrogen and oxygen atoms in total. The second-order valence-corrected chi connectivity index (χ2v) is 11.6. The van der Waals surface area contributed by atoms with E-state index in [4.69, 9.17) is 5.73 Å². The fraction of sp³-hybridized carbons (Fsp3) is 0.500. The molecule has 2 aliphatic heterocycles. The first-order valence-electron chi connectivity index (χ1n) is 14.9. The van der Waals surface area contributed by atoms with Crippen molar-refractivity contribution < 1.29 is 19.2 Å². The number of nitrogens with one attached hydrogen (secondary N) is 1. The molecule has 4 amide bonds. The minimum atomic E-state index is -0.748. The van der Waals surface area contributed by atoms with Gasteiger partial charge in [-0.3, -0.25) is 19.2 Å². The maximum Gasteiger partial charge on any atom is 0.247 e. The third-order valence-corrected chi connectivity index (χ3v) is 8.76. The van der Waals surface area contributed by atoms with Crippen LogP contribution in [-0.4, -0.2) is 82.3 Å². The van der Waals surface area contributed by atoms with Crippen molar-refractivity contribution in [1.82, 2.24) is 20.0 Å². The molecule has 0 spiro atoms. The molecule has 9 heteroatoms. The highest BCUT2D eigenvalue weighted by atomic mass is 16.2. The first kappa shape index (κ1) is 28.8. The first-order chi connectivity index (χ1) is 19.8. The van der Waals surface area contributed by atoms with Gasteiger partial charge < -0.3 is 25.8 Å². The summed E-state index contributed by atoms with van der Waals surface area (Å²) in [4.78, 5) is 59.4. The van der Waals surface area contributed by atoms with Crippen LogP contribution in [0.4, 0.5) is 0 Å². The number of hydrogen-bond donors (Lipinski definition) is 2. The molecule has 5 rings (SSSR count). The van der Waals surface area contributed by atoms with Crippen molar-refractivity contribution >= 4 is 23.6 Å². The Hall–Kier alpha value is -3.72. The molecule has 0 radical (unpaired) electrons. The molecule has 3 fully saturated rings. The third kappa shape index (κ3) is 6.45. The second kappa shape index (κ2) is 12.9. The van der Waals surface area contributed by atoms with Crippen molar-refractivity contribution in [3.8, 4) is 0 Å². The summed E-state index contributed by atoms with van der Waals surface area (Å²) in [5.41, 5.74) is 7.93. The van der Waals surface area contributed by atoms with Crippen LogP contribution >= 0.6 is 0 Å². The lowest BCUT2D eigenvalue weighted by molar-refractivity contribution is -0.156. The zero-order chi connectivity index (χ0) is 28.9. The van der Waals surface area contributed by atoms with Crippen molar-refractivity contribution in [1.29, 1.82) is 0 Å². The number of rotatable bonds is 9. The molecule has 3 N–H and O–H groups in total. The lowest BCUT2D eigenvalue weighted by atomic mass is 9.83. The molecule has 2 heterocycles. The SMILES string of the molecule is CC(N)C(=O)N[C@H](C(=O)N1CC(=O)N2[C@@H]1CN(CCc1ccccc1)C(=O)[C@@H]2Cc1ccccc1)C1CCCCC1. The number of amides is 4. The van der Waals surface area contributed by atoms with Gasteiger partial charge in [-0.15, -0.1) is 0 Å². The molecule has 3 aliphatic rings. The molecule has 2 saturated heterocycles. The van der Waals surface area contributed by atoms with Crippen LogP contribution in [0.25, 0.3) is 0 Å². The summed E-state index contributed by atoms with van der Waals surface area (Å²) in [5.74, 6) is -0.981. The lowest BCUT2D eigenvalue weighted by Crippen LogP contribution is -2.66. The predicted molar refractivity (Wildman–Crippen MR) is 155 cm³/mol. The highest BCUT2D eigenvalue weighted by Gasteiger charge is 2.52. The van der Waals surface area contributed by atoms with E-state index in [1.54, 1.807) is 21.6 Å². The molecular formula is C32H41N5O4. The van der Waals surface area contributed by atoms with Gasteiger partial charge in [0, 0.05) is 13.0 Å². The Kier molecular flexibility index (Phi) is 9.03. The summed E-state index contributed by atoms with van der Waals surface area (Å²) in [6.07, 6.45) is 5.24. The molecular weight excluding hydrogens is 518 g/mol. The molecule has 1 aliphatic carbocycles. The van der Waals surface area contributed by atoms with E-state index in [1.807, 2.05) is 60.7 Å². The molecule has 0 aromatic heterocycles. The quantitative estimate of drug-likeness (QED) is 0.488. The molecule has 4 atom stereocenters. The molecule has 2 aromatic carbocycles. The fourth-order valence-corrected chi connectivity index (χ4v) is 6.50. The van der Waals surface area contributed by atoms with Crippen LogP contribution in [0.3, 0.4) is 0 Å². The molecule has 2 aromatic rings. The number of fused-ring (bicyclic) bond motifs is 1. The fourth-order valence-electron chi connectivity index (χ4n) is 6.50. The van der Waals surface area contributed by atoms with Crippen molar-refractivity contribution in [3.63, 3.8) is 0 Å². The van der Waals surface area contributed by atoms with Crippen LogP contribution in [-0.2, 0) is 32.0 Å². The minimum Gasteiger partial charge on any atom is -0.343 e. The number of piperazine rings is 1. The molecule has 1 unspecified atom stereocenters. The Balaban J connectivity index is 1.43. The number of nitrogens with zero attached hydrogens (tertiary/aromatic N) is 3. The van der Waals surface area contributed by atoms with Crippen molar-refractivity contribution in [2.45, 2.75) is 76.2 Å². The van der Waals surface area contributed by atoms with E-state index in [2.05, 4.69) is 5.32 Å². The molecule has 41 heavy (non-hydrogen) atoms. The normalized spacial score (nSPS) is 22.8. The number of carbonyl (C=O) groups excluding carboxylic acids is 4. The van der Waals surface area contributed by atoms with Crippen LogP contribution in [0.5, 0.6) is 0 Å². The summed E-state index contributed by atoms with van der Waals surface area (Å²) in [7, 11) is 0. The smallest absolute Gasteiger partial charge is 0.247 e. The summed E-state index contributed by atoms with van der Waals surface area (Å²) in [6, 6.07) is 17.5. The van der Waals surface area contributed by atoms with E-state index in [1.165, 1.54) is 0 Å². The summed E-state index contributed by atoms with van der Waals surface area (Å²) >= 11 is 0. The lowest BCUT2D eigenvalue weighted by Gasteiger charge is -2.45. The van der Waals surface area contributed by atoms with Gasteiger partial charge >= 0.3 is 0 Å². The van der Waals surface area contributed by atoms with Crippen LogP contribution in [0.1, 0.15) is 50.2 Å². The van der Waals surface area contributed by atoms with E-state index in [9.17, 15) is 19.2 Å². The Morgan fingerprint density at radius 2 is 1.59 bits per heavy atom. The Bertz CT molecular complexity index is 1230. The minimum absolute atomic E-state index is 0.0115. The van der Waals surface area contributed by atoms with Gasteiger partial charge in [-0.25, -0.2) is 0 Å². The highest BCUT2D eigenvalue weighted by Crippen LogP contribution is 2.32. The standard InChI is InChI=1S/C32H41N5O4/c1-22(33)30(39)34-29(25-15-9-4-10-16-25)32(41)36-21-28(38)37-26(19-24-13-7-3-8-14-24)31(40)35(20-27(36)37)18-17-23-11-5-2-6-12-23/h2-3,5-8,11-14,22,25-27,29H,4,9-10,15-21,33H2,1H3,(H,34,39)/t22?,26-,27+,29-/m0/s1. The molecule has 218 valence electrons. The van der Waals surface area contributed by atoms with E-state index >= 15 is 0 Å². The summed E-state index contributed by atoms with van der Waals surface area (Å²) in [5, 5.41) is 2.93. The van der Waals surface area contributed by atoms with Gasteiger partial charge in [-0.05, 0) is 43.2 Å². The van der Waals surface area contributed by atoms with Gasteiger partial charge in [0.2, 0.25) is 23.6 Å². The predicted octanol–water partition coefficient (Wildman–Crippen LogP) is 2.09. The number of nitrogens with two attached hydrogens (primary N) is 1. The zero-order valence-corrected chi connectivity index (χ0v) is 23.8. The highest BCUT2D eigenvalue weighted by molar-refractivity contribution is 5.97. The summed E-state index contributed by atoms with van der Waals surface area (Å²) < 4.78 is 0. The Morgan fingerprint density at radius 1 is 0.951 bits per heavy atom. The van der Waals surface area contributed by atoms with Crippen molar-refractivity contribution in [3.05, 3.63) is 71.8 Å². The van der Waals surface area contributed by atoms with Gasteiger partial charge in [0.1, 0.15) is 24.8 Å². The van der Waals surface area contributed by atoms with Gasteiger partial charge in [0.15, 0.2) is 0 Å². The average Bonchev–Trinajstić information content (AvgIpc) is 3.33. The maximum absolute atomic E-state index is 14.2. The molecule has 0 bridgehead atoms. The maximum atomic E-state index is 14.2. The van der Waals surface area contributed by atoms with Crippen LogP contribution in [0.15, 0.2) is 60.7 Å². The van der Waals surface area contributed by atoms with Gasteiger partial charge in [-0.2, -0.15) is 0 Å². The van der Waals surface area contributed by atoms with Crippen LogP contribution < -0.4 is 11.1 Å². The zero-order valence-electron chi connectivity index (χ0n) is 23.8. The first-order valence-corrected chi connectivity index (χ1v) is 14.9. The topological polar surface area (TPSA) is 116 Å². The van der Waals surface area contributed by atoms with E-state index in [0.29, 0.717) is 19.4 Å². The van der Waals surface area contributed by atoms with Gasteiger partial charge in [-0.1, -0.05) is 79.9 Å². The Morgan fingerprint density at radius 3 is 2.22 bits per heavy atom. The Labute approximate surface area is 242 Å². The van der Waals surface area contributed by atoms with E-state index in [0.717, 1.165) is 43.2 Å². The second-order valence-electron chi connectivity index (χ2n) is 11.6. The average molecular weight is 560 g/mol. The van der Waals surface area contributed by atoms with E-state index < -0.39 is 24.3 Å². The van der Waals surface area contributed by atoms with Gasteiger partial charge in [0.05, 0.1) is 12.6 Å². The largest absolute Gasteiger partial charge is 0.343 e. The number of hydrogen-bond acceptors (Lipinski definition) is 5. The van der Waals surface area contributed by atoms with Crippen molar-refractivity contribution in [2.24, 2.45) is 11.7 Å². The van der Waals surface area contributed by atoms with Crippen molar-refractivity contribution in [2.75, 3.05) is 19.6 Å². The monoisotopic (exact) mass is 559 g/mol. The number of carbonyl (C=O) groups is 4.